The molecule has 0 saturated carbocycles. The predicted octanol–water partition coefficient (Wildman–Crippen LogP) is 0.419. The van der Waals surface area contributed by atoms with Crippen molar-refractivity contribution in [2.45, 2.75) is 0 Å². The number of aliphatic hydroxyl groups is 1. The van der Waals surface area contributed by atoms with E-state index in [4.69, 9.17) is 10.3 Å². The van der Waals surface area contributed by atoms with Crippen LogP contribution in [0.5, 0.6) is 0 Å². The van der Waals surface area contributed by atoms with Gasteiger partial charge in [0.2, 0.25) is 0 Å². The zero-order valence-corrected chi connectivity index (χ0v) is 6.11. The molecule has 1 rings (SSSR count). The Morgan fingerprint density at radius 3 is 2.92 bits per heavy atom. The van der Waals surface area contributed by atoms with Gasteiger partial charge >= 0.3 is 5.91 Å². The third-order valence-electron chi connectivity index (χ3n) is 1.25. The highest BCUT2D eigenvalue weighted by molar-refractivity contribution is 5.94. The van der Waals surface area contributed by atoms with Crippen LogP contribution in [0.2, 0.25) is 0 Å². The van der Waals surface area contributed by atoms with Crippen LogP contribution in [0.1, 0.15) is 5.69 Å². The first-order valence-corrected chi connectivity index (χ1v) is 3.22. The number of aromatic amines is 1. The van der Waals surface area contributed by atoms with Crippen LogP contribution in [0.4, 0.5) is 0 Å². The van der Waals surface area contributed by atoms with Crippen molar-refractivity contribution < 1.29 is 15.1 Å². The van der Waals surface area contributed by atoms with Gasteiger partial charge in [-0.25, -0.2) is 5.48 Å². The summed E-state index contributed by atoms with van der Waals surface area (Å²) in [5.41, 5.74) is 1.89. The minimum atomic E-state index is -0.940. The second-order valence-electron chi connectivity index (χ2n) is 2.10. The predicted molar refractivity (Wildman–Crippen MR) is 41.3 cm³/mol. The molecule has 5 nitrogen and oxygen atoms in total. The Morgan fingerprint density at radius 2 is 2.42 bits per heavy atom. The minimum Gasteiger partial charge on any atom is -0.503 e. The summed E-state index contributed by atoms with van der Waals surface area (Å²) < 4.78 is 0. The average Bonchev–Trinajstić information content (AvgIpc) is 2.55. The van der Waals surface area contributed by atoms with E-state index in [1.165, 1.54) is 11.6 Å². The number of amides is 1. The number of hydroxylamine groups is 1. The molecule has 64 valence electrons. The maximum atomic E-state index is 10.5. The number of H-pyrrole nitrogens is 1. The highest BCUT2D eigenvalue weighted by Crippen LogP contribution is 2.01. The summed E-state index contributed by atoms with van der Waals surface area (Å²) in [5, 5.41) is 17.1. The normalized spacial score (nSPS) is 11.2. The molecule has 1 aromatic rings. The molecule has 0 saturated heterocycles. The maximum absolute atomic E-state index is 10.5. The molecule has 12 heavy (non-hydrogen) atoms. The molecule has 4 N–H and O–H groups in total. The van der Waals surface area contributed by atoms with Crippen LogP contribution in [0.15, 0.2) is 24.1 Å². The van der Waals surface area contributed by atoms with Crippen molar-refractivity contribution >= 4 is 12.0 Å². The molecule has 0 bridgehead atoms. The van der Waals surface area contributed by atoms with Crippen LogP contribution in [0.25, 0.3) is 6.08 Å². The van der Waals surface area contributed by atoms with E-state index < -0.39 is 11.7 Å². The third-order valence-corrected chi connectivity index (χ3v) is 1.25. The molecule has 0 atom stereocenters. The summed E-state index contributed by atoms with van der Waals surface area (Å²) in [5.74, 6) is -1.50. The highest BCUT2D eigenvalue weighted by Gasteiger charge is 2.04. The van der Waals surface area contributed by atoms with Crippen LogP contribution in [0.3, 0.4) is 0 Å². The monoisotopic (exact) mass is 168 g/mol. The van der Waals surface area contributed by atoms with Crippen molar-refractivity contribution in [1.82, 2.24) is 10.5 Å². The van der Waals surface area contributed by atoms with Crippen molar-refractivity contribution in [3.05, 3.63) is 29.8 Å². The first-order chi connectivity index (χ1) is 5.74. The Balaban J connectivity index is 2.76. The molecule has 0 aromatic carbocycles. The molecule has 0 aliphatic rings. The lowest BCUT2D eigenvalue weighted by Crippen LogP contribution is -2.20. The van der Waals surface area contributed by atoms with Gasteiger partial charge in [0.05, 0.1) is 0 Å². The molecular weight excluding hydrogens is 160 g/mol. The molecule has 1 amide bonds. The van der Waals surface area contributed by atoms with E-state index in [1.807, 2.05) is 0 Å². The number of rotatable bonds is 2. The van der Waals surface area contributed by atoms with Crippen LogP contribution >= 0.6 is 0 Å². The Morgan fingerprint density at radius 1 is 1.67 bits per heavy atom. The van der Waals surface area contributed by atoms with Gasteiger partial charge in [0, 0.05) is 18.0 Å². The van der Waals surface area contributed by atoms with E-state index in [-0.39, 0.29) is 0 Å². The van der Waals surface area contributed by atoms with Gasteiger partial charge in [-0.05, 0) is 12.1 Å². The van der Waals surface area contributed by atoms with Gasteiger partial charge in [-0.2, -0.15) is 0 Å². The van der Waals surface area contributed by atoms with Gasteiger partial charge < -0.3 is 10.1 Å². The summed E-state index contributed by atoms with van der Waals surface area (Å²) in [6.07, 6.45) is 2.85. The second-order valence-corrected chi connectivity index (χ2v) is 2.10. The van der Waals surface area contributed by atoms with E-state index in [1.54, 1.807) is 18.3 Å². The van der Waals surface area contributed by atoms with E-state index in [2.05, 4.69) is 4.98 Å². The fourth-order valence-corrected chi connectivity index (χ4v) is 0.704. The number of hydrogen-bond acceptors (Lipinski definition) is 3. The molecule has 1 aromatic heterocycles. The number of carbonyl (C=O) groups is 1. The maximum Gasteiger partial charge on any atom is 0.309 e. The van der Waals surface area contributed by atoms with Gasteiger partial charge in [0.15, 0.2) is 5.76 Å². The van der Waals surface area contributed by atoms with Gasteiger partial charge in [-0.15, -0.1) is 0 Å². The van der Waals surface area contributed by atoms with Crippen molar-refractivity contribution in [2.75, 3.05) is 0 Å². The van der Waals surface area contributed by atoms with Crippen LogP contribution < -0.4 is 5.48 Å². The lowest BCUT2D eigenvalue weighted by Gasteiger charge is -1.94. The molecule has 5 heteroatoms. The lowest BCUT2D eigenvalue weighted by molar-refractivity contribution is -0.127. The zero-order valence-electron chi connectivity index (χ0n) is 6.11. The van der Waals surface area contributed by atoms with Crippen molar-refractivity contribution in [2.24, 2.45) is 0 Å². The second kappa shape index (κ2) is 3.59. The minimum absolute atomic E-state index is 0.556. The Labute approximate surface area is 68.3 Å². The molecule has 0 unspecified atom stereocenters. The van der Waals surface area contributed by atoms with Gasteiger partial charge in [-0.1, -0.05) is 0 Å². The van der Waals surface area contributed by atoms with Gasteiger partial charge in [0.25, 0.3) is 0 Å². The SMILES string of the molecule is O=C(NO)/C(O)=C\c1ccc[nH]1. The van der Waals surface area contributed by atoms with Crippen molar-refractivity contribution in [1.29, 1.82) is 0 Å². The topological polar surface area (TPSA) is 85.3 Å². The lowest BCUT2D eigenvalue weighted by atomic mass is 10.3. The van der Waals surface area contributed by atoms with E-state index >= 15 is 0 Å². The van der Waals surface area contributed by atoms with Crippen molar-refractivity contribution in [3.63, 3.8) is 0 Å². The van der Waals surface area contributed by atoms with Crippen LogP contribution in [-0.2, 0) is 4.79 Å². The number of nitrogens with one attached hydrogen (secondary N) is 2. The standard InChI is InChI=1S/C7H8N2O3/c10-6(7(11)9-12)4-5-2-1-3-8-5/h1-4,8,10,12H,(H,9,11)/b6-4+. The summed E-state index contributed by atoms with van der Waals surface area (Å²) in [4.78, 5) is 13.3. The Hall–Kier alpha value is -1.75. The summed E-state index contributed by atoms with van der Waals surface area (Å²) in [7, 11) is 0. The average molecular weight is 168 g/mol. The van der Waals surface area contributed by atoms with Gasteiger partial charge in [0.1, 0.15) is 0 Å². The molecule has 0 aliphatic heterocycles. The van der Waals surface area contributed by atoms with Crippen molar-refractivity contribution in [3.8, 4) is 0 Å². The molecule has 0 spiro atoms. The third kappa shape index (κ3) is 1.86. The Kier molecular flexibility index (Phi) is 2.49. The van der Waals surface area contributed by atoms with E-state index in [0.717, 1.165) is 0 Å². The smallest absolute Gasteiger partial charge is 0.309 e. The quantitative estimate of drug-likeness (QED) is 0.223. The van der Waals surface area contributed by atoms with E-state index in [0.29, 0.717) is 5.69 Å². The number of hydrogen-bond donors (Lipinski definition) is 4. The summed E-state index contributed by atoms with van der Waals surface area (Å²) in [6, 6.07) is 3.39. The first-order valence-electron chi connectivity index (χ1n) is 3.22. The summed E-state index contributed by atoms with van der Waals surface area (Å²) >= 11 is 0. The molecule has 1 heterocycles. The fourth-order valence-electron chi connectivity index (χ4n) is 0.704. The molecule has 0 radical (unpaired) electrons. The van der Waals surface area contributed by atoms with Crippen LogP contribution in [0, 0.1) is 0 Å². The van der Waals surface area contributed by atoms with Gasteiger partial charge in [-0.3, -0.25) is 10.0 Å². The highest BCUT2D eigenvalue weighted by atomic mass is 16.5. The number of aromatic nitrogens is 1. The Bertz CT molecular complexity index is 290. The van der Waals surface area contributed by atoms with Crippen LogP contribution in [-0.4, -0.2) is 21.2 Å². The zero-order chi connectivity index (χ0) is 8.97. The first kappa shape index (κ1) is 8.35. The molecular formula is C7H8N2O3. The fraction of sp³-hybridized carbons (Fsp3) is 0. The molecule has 0 fully saturated rings. The largest absolute Gasteiger partial charge is 0.503 e. The summed E-state index contributed by atoms with van der Waals surface area (Å²) in [6.45, 7) is 0. The number of aliphatic hydroxyl groups excluding tert-OH is 1. The number of carbonyl (C=O) groups excluding carboxylic acids is 1. The molecule has 0 aliphatic carbocycles. The van der Waals surface area contributed by atoms with E-state index in [9.17, 15) is 4.79 Å².